The highest BCUT2D eigenvalue weighted by Gasteiger charge is 2.10. The van der Waals surface area contributed by atoms with Crippen LogP contribution in [-0.4, -0.2) is 19.9 Å². The van der Waals surface area contributed by atoms with Crippen LogP contribution in [0.4, 0.5) is 0 Å². The lowest BCUT2D eigenvalue weighted by molar-refractivity contribution is 0.264. The average molecular weight is 217 g/mol. The topological polar surface area (TPSA) is 50.9 Å². The maximum Gasteiger partial charge on any atom is 0.0928 e. The molecule has 2 rings (SSSR count). The molecule has 0 saturated carbocycles. The first-order valence-corrected chi connectivity index (χ1v) is 5.32. The van der Waals surface area contributed by atoms with Crippen LogP contribution in [0.5, 0.6) is 0 Å². The number of pyridine rings is 1. The van der Waals surface area contributed by atoms with E-state index in [1.54, 1.807) is 12.4 Å². The highest BCUT2D eigenvalue weighted by Crippen LogP contribution is 2.20. The molecule has 0 aliphatic heterocycles. The number of nitrogens with zero attached hydrogens (tertiary/aromatic N) is 3. The molecular weight excluding hydrogens is 202 g/mol. The fourth-order valence-corrected chi connectivity index (χ4v) is 1.66. The molecule has 0 saturated heterocycles. The van der Waals surface area contributed by atoms with Gasteiger partial charge in [0.15, 0.2) is 0 Å². The summed E-state index contributed by atoms with van der Waals surface area (Å²) >= 11 is 0. The summed E-state index contributed by atoms with van der Waals surface area (Å²) in [7, 11) is 0. The van der Waals surface area contributed by atoms with E-state index in [9.17, 15) is 5.11 Å². The van der Waals surface area contributed by atoms with Gasteiger partial charge in [0, 0.05) is 24.0 Å². The molecule has 0 radical (unpaired) electrons. The summed E-state index contributed by atoms with van der Waals surface area (Å²) in [6.07, 6.45) is 3.48. The zero-order chi connectivity index (χ0) is 11.5. The monoisotopic (exact) mass is 217 g/mol. The molecule has 0 aromatic carbocycles. The Balaban J connectivity index is 2.44. The predicted octanol–water partition coefficient (Wildman–Crippen LogP) is 2.02. The van der Waals surface area contributed by atoms with Crippen molar-refractivity contribution < 1.29 is 5.11 Å². The van der Waals surface area contributed by atoms with E-state index in [1.165, 1.54) is 0 Å². The van der Waals surface area contributed by atoms with Gasteiger partial charge in [0.2, 0.25) is 0 Å². The molecule has 2 heterocycles. The van der Waals surface area contributed by atoms with E-state index >= 15 is 0 Å². The van der Waals surface area contributed by atoms with Gasteiger partial charge in [0.1, 0.15) is 0 Å². The molecule has 0 amide bonds. The van der Waals surface area contributed by atoms with Crippen molar-refractivity contribution in [2.75, 3.05) is 0 Å². The summed E-state index contributed by atoms with van der Waals surface area (Å²) in [5.41, 5.74) is 2.73. The quantitative estimate of drug-likeness (QED) is 0.855. The van der Waals surface area contributed by atoms with E-state index in [1.807, 2.05) is 36.7 Å². The van der Waals surface area contributed by atoms with Crippen LogP contribution in [0, 0.1) is 0 Å². The molecule has 0 unspecified atom stereocenters. The third kappa shape index (κ3) is 1.97. The highest BCUT2D eigenvalue weighted by atomic mass is 16.3. The lowest BCUT2D eigenvalue weighted by Crippen LogP contribution is -2.07. The van der Waals surface area contributed by atoms with Crippen LogP contribution in [0.25, 0.3) is 11.3 Å². The Morgan fingerprint density at radius 1 is 1.31 bits per heavy atom. The minimum Gasteiger partial charge on any atom is -0.390 e. The van der Waals surface area contributed by atoms with Crippen LogP contribution in [0.3, 0.4) is 0 Å². The highest BCUT2D eigenvalue weighted by molar-refractivity contribution is 5.58. The molecule has 0 bridgehead atoms. The van der Waals surface area contributed by atoms with Crippen molar-refractivity contribution in [3.8, 4) is 11.3 Å². The van der Waals surface area contributed by atoms with Crippen molar-refractivity contribution in [2.24, 2.45) is 0 Å². The van der Waals surface area contributed by atoms with Crippen molar-refractivity contribution in [1.29, 1.82) is 0 Å². The van der Waals surface area contributed by atoms with E-state index in [0.29, 0.717) is 0 Å². The molecule has 4 heteroatoms. The smallest absolute Gasteiger partial charge is 0.0928 e. The average Bonchev–Trinajstić information content (AvgIpc) is 2.74. The third-order valence-electron chi connectivity index (χ3n) is 2.44. The largest absolute Gasteiger partial charge is 0.390 e. The first-order chi connectivity index (χ1) is 7.72. The van der Waals surface area contributed by atoms with Gasteiger partial charge in [-0.25, -0.2) is 0 Å². The maximum absolute atomic E-state index is 9.25. The standard InChI is InChI=1S/C12H15N3O/c1-9(2)15-11(8-16)7-12(14-15)10-3-5-13-6-4-10/h3-7,9,16H,8H2,1-2H3. The van der Waals surface area contributed by atoms with Crippen LogP contribution < -0.4 is 0 Å². The number of rotatable bonds is 3. The van der Waals surface area contributed by atoms with Gasteiger partial charge < -0.3 is 5.11 Å². The Morgan fingerprint density at radius 2 is 2.00 bits per heavy atom. The SMILES string of the molecule is CC(C)n1nc(-c2ccncc2)cc1CO. The summed E-state index contributed by atoms with van der Waals surface area (Å²) < 4.78 is 1.84. The number of aliphatic hydroxyl groups excluding tert-OH is 1. The molecule has 0 spiro atoms. The van der Waals surface area contributed by atoms with Gasteiger partial charge in [-0.2, -0.15) is 5.10 Å². The van der Waals surface area contributed by atoms with Crippen LogP contribution >= 0.6 is 0 Å². The molecular formula is C12H15N3O. The van der Waals surface area contributed by atoms with E-state index < -0.39 is 0 Å². The summed E-state index contributed by atoms with van der Waals surface area (Å²) in [5.74, 6) is 0. The Hall–Kier alpha value is -1.68. The summed E-state index contributed by atoms with van der Waals surface area (Å²) in [5, 5.41) is 13.7. The third-order valence-corrected chi connectivity index (χ3v) is 2.44. The fraction of sp³-hybridized carbons (Fsp3) is 0.333. The second kappa shape index (κ2) is 4.45. The number of aromatic nitrogens is 3. The summed E-state index contributed by atoms with van der Waals surface area (Å²) in [6, 6.07) is 5.98. The second-order valence-electron chi connectivity index (χ2n) is 3.95. The molecule has 2 aromatic heterocycles. The van der Waals surface area contributed by atoms with E-state index in [0.717, 1.165) is 17.0 Å². The zero-order valence-electron chi connectivity index (χ0n) is 9.46. The van der Waals surface area contributed by atoms with Gasteiger partial charge in [-0.1, -0.05) is 0 Å². The molecule has 2 aromatic rings. The number of aliphatic hydroxyl groups is 1. The second-order valence-corrected chi connectivity index (χ2v) is 3.95. The van der Waals surface area contributed by atoms with Crippen LogP contribution in [-0.2, 0) is 6.61 Å². The fourth-order valence-electron chi connectivity index (χ4n) is 1.66. The molecule has 0 atom stereocenters. The van der Waals surface area contributed by atoms with Gasteiger partial charge in [-0.3, -0.25) is 9.67 Å². The van der Waals surface area contributed by atoms with Gasteiger partial charge in [-0.15, -0.1) is 0 Å². The normalized spacial score (nSPS) is 11.0. The van der Waals surface area contributed by atoms with Crippen molar-refractivity contribution in [2.45, 2.75) is 26.5 Å². The molecule has 0 fully saturated rings. The lowest BCUT2D eigenvalue weighted by atomic mass is 10.2. The predicted molar refractivity (Wildman–Crippen MR) is 61.8 cm³/mol. The Morgan fingerprint density at radius 3 is 2.50 bits per heavy atom. The van der Waals surface area contributed by atoms with Crippen molar-refractivity contribution in [1.82, 2.24) is 14.8 Å². The maximum atomic E-state index is 9.25. The van der Waals surface area contributed by atoms with Gasteiger partial charge >= 0.3 is 0 Å². The van der Waals surface area contributed by atoms with Crippen molar-refractivity contribution >= 4 is 0 Å². The molecule has 1 N–H and O–H groups in total. The van der Waals surface area contributed by atoms with Gasteiger partial charge in [0.25, 0.3) is 0 Å². The van der Waals surface area contributed by atoms with E-state index in [2.05, 4.69) is 10.1 Å². The Labute approximate surface area is 94.6 Å². The minimum atomic E-state index is 0.0102. The summed E-state index contributed by atoms with van der Waals surface area (Å²) in [6.45, 7) is 4.10. The minimum absolute atomic E-state index is 0.0102. The molecule has 16 heavy (non-hydrogen) atoms. The van der Waals surface area contributed by atoms with Crippen LogP contribution in [0.15, 0.2) is 30.6 Å². The molecule has 84 valence electrons. The molecule has 4 nitrogen and oxygen atoms in total. The van der Waals surface area contributed by atoms with Crippen LogP contribution in [0.2, 0.25) is 0 Å². The van der Waals surface area contributed by atoms with Crippen molar-refractivity contribution in [3.05, 3.63) is 36.3 Å². The number of hydrogen-bond acceptors (Lipinski definition) is 3. The van der Waals surface area contributed by atoms with Gasteiger partial charge in [-0.05, 0) is 32.0 Å². The zero-order valence-corrected chi connectivity index (χ0v) is 9.46. The first-order valence-electron chi connectivity index (χ1n) is 5.32. The lowest BCUT2D eigenvalue weighted by Gasteiger charge is -2.08. The van der Waals surface area contributed by atoms with E-state index in [-0.39, 0.29) is 12.6 Å². The first kappa shape index (κ1) is 10.8. The number of hydrogen-bond donors (Lipinski definition) is 1. The Kier molecular flexibility index (Phi) is 3.01. The van der Waals surface area contributed by atoms with Crippen molar-refractivity contribution in [3.63, 3.8) is 0 Å². The van der Waals surface area contributed by atoms with E-state index in [4.69, 9.17) is 0 Å². The van der Waals surface area contributed by atoms with Gasteiger partial charge in [0.05, 0.1) is 18.0 Å². The Bertz CT molecular complexity index is 462. The molecule has 0 aliphatic carbocycles. The van der Waals surface area contributed by atoms with Crippen LogP contribution in [0.1, 0.15) is 25.6 Å². The summed E-state index contributed by atoms with van der Waals surface area (Å²) in [4.78, 5) is 3.97. The molecule has 0 aliphatic rings.